The van der Waals surface area contributed by atoms with E-state index in [4.69, 9.17) is 22.1 Å². The molecule has 0 atom stereocenters. The Kier molecular flexibility index (Phi) is 6.18. The van der Waals surface area contributed by atoms with Crippen LogP contribution in [0, 0.1) is 0 Å². The molecule has 2 rings (SSSR count). The Morgan fingerprint density at radius 1 is 1.14 bits per heavy atom. The van der Waals surface area contributed by atoms with Gasteiger partial charge in [0.05, 0.1) is 12.8 Å². The molecule has 116 valence electrons. The minimum Gasteiger partial charge on any atom is -0.495 e. The molecule has 2 N–H and O–H groups in total. The van der Waals surface area contributed by atoms with E-state index in [2.05, 4.69) is 5.32 Å². The molecule has 0 heterocycles. The number of aliphatic hydroxyl groups excluding tert-OH is 1. The Morgan fingerprint density at radius 2 is 1.82 bits per heavy atom. The maximum atomic E-state index is 9.14. The summed E-state index contributed by atoms with van der Waals surface area (Å²) in [5.74, 6) is 0.748. The number of anilines is 2. The quantitative estimate of drug-likeness (QED) is 0.801. The second-order valence-corrected chi connectivity index (χ2v) is 5.08. The molecule has 0 aliphatic rings. The first-order chi connectivity index (χ1) is 10.8. The van der Waals surface area contributed by atoms with Crippen LogP contribution in [0.5, 0.6) is 5.75 Å². The lowest BCUT2D eigenvalue weighted by molar-refractivity contribution is 0.291. The van der Waals surface area contributed by atoms with Crippen LogP contribution in [0.3, 0.4) is 0 Å². The molecule has 0 radical (unpaired) electrons. The molecular formula is C17H20N2O2S. The lowest BCUT2D eigenvalue weighted by Crippen LogP contribution is -2.36. The molecule has 0 bridgehead atoms. The molecule has 0 aliphatic carbocycles. The Hall–Kier alpha value is -2.11. The molecular weight excluding hydrogens is 296 g/mol. The average Bonchev–Trinajstić information content (AvgIpc) is 2.56. The van der Waals surface area contributed by atoms with Crippen LogP contribution in [0.2, 0.25) is 0 Å². The second-order valence-electron chi connectivity index (χ2n) is 4.70. The number of methoxy groups -OCH3 is 1. The van der Waals surface area contributed by atoms with Gasteiger partial charge in [-0.2, -0.15) is 0 Å². The Labute approximate surface area is 136 Å². The fraction of sp³-hybridized carbons (Fsp3) is 0.235. The monoisotopic (exact) mass is 316 g/mol. The maximum Gasteiger partial charge on any atom is 0.178 e. The third-order valence-electron chi connectivity index (χ3n) is 3.19. The highest BCUT2D eigenvalue weighted by Crippen LogP contribution is 2.28. The van der Waals surface area contributed by atoms with Gasteiger partial charge in [-0.25, -0.2) is 0 Å². The number of hydrogen-bond acceptors (Lipinski definition) is 3. The first kappa shape index (κ1) is 16.3. The molecule has 2 aromatic carbocycles. The van der Waals surface area contributed by atoms with E-state index in [-0.39, 0.29) is 6.61 Å². The Morgan fingerprint density at radius 3 is 2.50 bits per heavy atom. The maximum absolute atomic E-state index is 9.14. The summed E-state index contributed by atoms with van der Waals surface area (Å²) in [4.78, 5) is 1.94. The largest absolute Gasteiger partial charge is 0.495 e. The van der Waals surface area contributed by atoms with E-state index in [9.17, 15) is 0 Å². The van der Waals surface area contributed by atoms with Crippen LogP contribution in [-0.4, -0.2) is 30.5 Å². The number of benzene rings is 2. The van der Waals surface area contributed by atoms with Crippen molar-refractivity contribution < 1.29 is 9.84 Å². The van der Waals surface area contributed by atoms with Gasteiger partial charge in [0.2, 0.25) is 0 Å². The van der Waals surface area contributed by atoms with Gasteiger partial charge in [0.15, 0.2) is 5.11 Å². The van der Waals surface area contributed by atoms with E-state index >= 15 is 0 Å². The molecule has 0 aliphatic heterocycles. The summed E-state index contributed by atoms with van der Waals surface area (Å²) in [6.45, 7) is 0.717. The fourth-order valence-corrected chi connectivity index (χ4v) is 2.43. The molecule has 5 heteroatoms. The molecule has 0 saturated heterocycles. The van der Waals surface area contributed by atoms with Gasteiger partial charge < -0.3 is 20.1 Å². The van der Waals surface area contributed by atoms with Crippen LogP contribution in [0.4, 0.5) is 11.4 Å². The molecule has 0 saturated carbocycles. The van der Waals surface area contributed by atoms with Crippen molar-refractivity contribution in [3.05, 3.63) is 54.6 Å². The van der Waals surface area contributed by atoms with Crippen molar-refractivity contribution in [2.45, 2.75) is 6.42 Å². The zero-order valence-corrected chi connectivity index (χ0v) is 13.3. The van der Waals surface area contributed by atoms with Gasteiger partial charge in [0, 0.05) is 18.8 Å². The highest BCUT2D eigenvalue weighted by molar-refractivity contribution is 7.80. The van der Waals surface area contributed by atoms with Gasteiger partial charge in [-0.15, -0.1) is 0 Å². The summed E-state index contributed by atoms with van der Waals surface area (Å²) in [6.07, 6.45) is 0.620. The number of ether oxygens (including phenoxy) is 1. The standard InChI is InChI=1S/C17H20N2O2S/c1-21-16-11-6-5-10-15(16)19(12-7-13-20)17(22)18-14-8-3-2-4-9-14/h2-6,8-11,20H,7,12-13H2,1H3,(H,18,22). The van der Waals surface area contributed by atoms with Gasteiger partial charge >= 0.3 is 0 Å². The molecule has 22 heavy (non-hydrogen) atoms. The number of hydrogen-bond donors (Lipinski definition) is 2. The van der Waals surface area contributed by atoms with E-state index in [1.807, 2.05) is 59.5 Å². The van der Waals surface area contributed by atoms with Gasteiger partial charge in [-0.3, -0.25) is 0 Å². The number of thiocarbonyl (C=S) groups is 1. The minimum atomic E-state index is 0.111. The summed E-state index contributed by atoms with van der Waals surface area (Å²) >= 11 is 5.54. The fourth-order valence-electron chi connectivity index (χ4n) is 2.13. The average molecular weight is 316 g/mol. The normalized spacial score (nSPS) is 10.1. The third kappa shape index (κ3) is 4.19. The van der Waals surface area contributed by atoms with Crippen LogP contribution >= 0.6 is 12.2 Å². The van der Waals surface area contributed by atoms with Crippen LogP contribution < -0.4 is 15.0 Å². The van der Waals surface area contributed by atoms with Crippen LogP contribution in [0.25, 0.3) is 0 Å². The van der Waals surface area contributed by atoms with Crippen LogP contribution in [0.15, 0.2) is 54.6 Å². The molecule has 0 amide bonds. The minimum absolute atomic E-state index is 0.111. The van der Waals surface area contributed by atoms with Gasteiger partial charge in [0.25, 0.3) is 0 Å². The van der Waals surface area contributed by atoms with E-state index < -0.39 is 0 Å². The van der Waals surface area contributed by atoms with Crippen molar-refractivity contribution in [1.29, 1.82) is 0 Å². The Bertz CT molecular complexity index is 605. The van der Waals surface area contributed by atoms with Crippen LogP contribution in [-0.2, 0) is 0 Å². The van der Waals surface area contributed by atoms with Crippen molar-refractivity contribution in [2.75, 3.05) is 30.5 Å². The number of nitrogens with one attached hydrogen (secondary N) is 1. The van der Waals surface area contributed by atoms with E-state index in [1.165, 1.54) is 0 Å². The Balaban J connectivity index is 2.23. The molecule has 0 spiro atoms. The summed E-state index contributed by atoms with van der Waals surface area (Å²) in [6, 6.07) is 17.5. The predicted octanol–water partition coefficient (Wildman–Crippen LogP) is 3.28. The van der Waals surface area contributed by atoms with Gasteiger partial charge in [0.1, 0.15) is 5.75 Å². The summed E-state index contributed by atoms with van der Waals surface area (Å²) in [5.41, 5.74) is 1.81. The molecule has 0 unspecified atom stereocenters. The van der Waals surface area contributed by atoms with Crippen molar-refractivity contribution in [3.8, 4) is 5.75 Å². The first-order valence-corrected chi connectivity index (χ1v) is 7.54. The highest BCUT2D eigenvalue weighted by Gasteiger charge is 2.16. The van der Waals surface area contributed by atoms with Crippen molar-refractivity contribution in [3.63, 3.8) is 0 Å². The van der Waals surface area contributed by atoms with E-state index in [1.54, 1.807) is 7.11 Å². The van der Waals surface area contributed by atoms with Crippen molar-refractivity contribution >= 4 is 28.7 Å². The molecule has 0 fully saturated rings. The zero-order chi connectivity index (χ0) is 15.8. The summed E-state index contributed by atoms with van der Waals surface area (Å²) < 4.78 is 5.42. The van der Waals surface area contributed by atoms with Gasteiger partial charge in [-0.1, -0.05) is 30.3 Å². The van der Waals surface area contributed by atoms with Crippen LogP contribution in [0.1, 0.15) is 6.42 Å². The van der Waals surface area contributed by atoms with Crippen molar-refractivity contribution in [1.82, 2.24) is 0 Å². The summed E-state index contributed by atoms with van der Waals surface area (Å²) in [5, 5.41) is 12.9. The number of nitrogens with zero attached hydrogens (tertiary/aromatic N) is 1. The van der Waals surface area contributed by atoms with Crippen molar-refractivity contribution in [2.24, 2.45) is 0 Å². The lowest BCUT2D eigenvalue weighted by Gasteiger charge is -2.27. The smallest absolute Gasteiger partial charge is 0.178 e. The number of para-hydroxylation sites is 3. The molecule has 4 nitrogen and oxygen atoms in total. The third-order valence-corrected chi connectivity index (χ3v) is 3.51. The molecule has 2 aromatic rings. The number of rotatable bonds is 6. The highest BCUT2D eigenvalue weighted by atomic mass is 32.1. The van der Waals surface area contributed by atoms with E-state index in [0.717, 1.165) is 17.1 Å². The first-order valence-electron chi connectivity index (χ1n) is 7.13. The lowest BCUT2D eigenvalue weighted by atomic mass is 10.2. The predicted molar refractivity (Wildman–Crippen MR) is 94.7 cm³/mol. The van der Waals surface area contributed by atoms with E-state index in [0.29, 0.717) is 18.1 Å². The summed E-state index contributed by atoms with van der Waals surface area (Å²) in [7, 11) is 1.64. The van der Waals surface area contributed by atoms with Gasteiger partial charge in [-0.05, 0) is 42.9 Å². The number of aliphatic hydroxyl groups is 1. The second kappa shape index (κ2) is 8.36. The molecule has 0 aromatic heterocycles. The zero-order valence-electron chi connectivity index (χ0n) is 12.5. The topological polar surface area (TPSA) is 44.7 Å². The SMILES string of the molecule is COc1ccccc1N(CCCO)C(=S)Nc1ccccc1.